The molecule has 0 aromatic carbocycles. The lowest BCUT2D eigenvalue weighted by molar-refractivity contribution is -0.139. The average Bonchev–Trinajstić information content (AvgIpc) is 3.45. The first-order valence-corrected chi connectivity index (χ1v) is 12.5. The molecule has 1 aliphatic carbocycles. The number of carbonyl (C=O) groups is 3. The highest BCUT2D eigenvalue weighted by Crippen LogP contribution is 2.30. The lowest BCUT2D eigenvalue weighted by Gasteiger charge is -2.43. The Kier molecular flexibility index (Phi) is 7.42. The van der Waals surface area contributed by atoms with Crippen LogP contribution in [0.4, 0.5) is 0 Å². The molecule has 2 fully saturated rings. The summed E-state index contributed by atoms with van der Waals surface area (Å²) in [5, 5.41) is 10.6. The summed E-state index contributed by atoms with van der Waals surface area (Å²) < 4.78 is 1.75. The molecule has 1 aliphatic heterocycles. The van der Waals surface area contributed by atoms with E-state index in [1.807, 2.05) is 4.90 Å². The number of rotatable bonds is 7. The summed E-state index contributed by atoms with van der Waals surface area (Å²) in [5.41, 5.74) is 0.451. The molecule has 10 heteroatoms. The van der Waals surface area contributed by atoms with E-state index in [0.717, 1.165) is 38.5 Å². The first kappa shape index (κ1) is 23.4. The van der Waals surface area contributed by atoms with E-state index in [1.165, 1.54) is 17.8 Å². The standard InChI is InChI=1S/C23H31N5O4S/c1-16(29)26-10-7-18(8-11-26)28(17-5-3-2-4-6-17)21(30)14-20-25-19(13-22(31)32)23(33-20)27-12-9-24-15-27/h9,12,15,17-18H,2-8,10-11,13-14H2,1H3,(H,31,32). The molecule has 2 amide bonds. The van der Waals surface area contributed by atoms with Crippen molar-refractivity contribution in [2.75, 3.05) is 13.1 Å². The van der Waals surface area contributed by atoms with E-state index >= 15 is 0 Å². The molecule has 0 unspecified atom stereocenters. The Hall–Kier alpha value is -2.75. The molecule has 0 bridgehead atoms. The number of hydrogen-bond acceptors (Lipinski definition) is 6. The predicted octanol–water partition coefficient (Wildman–Crippen LogP) is 2.67. The van der Waals surface area contributed by atoms with Crippen LogP contribution in [-0.4, -0.2) is 72.4 Å². The zero-order valence-corrected chi connectivity index (χ0v) is 19.8. The Balaban J connectivity index is 1.54. The van der Waals surface area contributed by atoms with E-state index in [2.05, 4.69) is 14.9 Å². The Morgan fingerprint density at radius 2 is 1.79 bits per heavy atom. The number of carboxylic acids is 1. The van der Waals surface area contributed by atoms with Gasteiger partial charge in [-0.05, 0) is 25.7 Å². The van der Waals surface area contributed by atoms with Crippen molar-refractivity contribution in [3.05, 3.63) is 29.4 Å². The van der Waals surface area contributed by atoms with Gasteiger partial charge in [-0.15, -0.1) is 0 Å². The molecular formula is C23H31N5O4S. The largest absolute Gasteiger partial charge is 0.481 e. The van der Waals surface area contributed by atoms with E-state index in [1.54, 1.807) is 30.2 Å². The van der Waals surface area contributed by atoms with Crippen LogP contribution in [0.3, 0.4) is 0 Å². The number of aromatic nitrogens is 3. The van der Waals surface area contributed by atoms with Gasteiger partial charge in [0.2, 0.25) is 11.8 Å². The number of aliphatic carboxylic acids is 1. The number of amides is 2. The number of piperidine rings is 1. The molecule has 4 rings (SSSR count). The van der Waals surface area contributed by atoms with Crippen LogP contribution < -0.4 is 0 Å². The first-order valence-electron chi connectivity index (χ1n) is 11.7. The van der Waals surface area contributed by atoms with Gasteiger partial charge in [0, 0.05) is 44.5 Å². The van der Waals surface area contributed by atoms with E-state index in [0.29, 0.717) is 28.8 Å². The molecule has 33 heavy (non-hydrogen) atoms. The molecule has 178 valence electrons. The van der Waals surface area contributed by atoms with Crippen LogP contribution in [0.15, 0.2) is 18.7 Å². The summed E-state index contributed by atoms with van der Waals surface area (Å²) in [6.07, 6.45) is 12.0. The van der Waals surface area contributed by atoms with Crippen LogP contribution >= 0.6 is 11.3 Å². The number of carbonyl (C=O) groups excluding carboxylic acids is 2. The molecule has 1 saturated heterocycles. The maximum absolute atomic E-state index is 13.6. The second-order valence-electron chi connectivity index (χ2n) is 8.91. The van der Waals surface area contributed by atoms with Gasteiger partial charge in [-0.1, -0.05) is 30.6 Å². The first-order chi connectivity index (χ1) is 15.9. The van der Waals surface area contributed by atoms with Crippen molar-refractivity contribution in [1.29, 1.82) is 0 Å². The number of hydrogen-bond donors (Lipinski definition) is 1. The van der Waals surface area contributed by atoms with Crippen molar-refractivity contribution >= 4 is 29.1 Å². The van der Waals surface area contributed by atoms with Crippen LogP contribution in [0, 0.1) is 0 Å². The number of likely N-dealkylation sites (tertiary alicyclic amines) is 1. The maximum atomic E-state index is 13.6. The van der Waals surface area contributed by atoms with Gasteiger partial charge >= 0.3 is 5.97 Å². The van der Waals surface area contributed by atoms with Gasteiger partial charge < -0.3 is 14.9 Å². The van der Waals surface area contributed by atoms with Crippen LogP contribution in [0.5, 0.6) is 0 Å². The molecule has 2 aliphatic rings. The van der Waals surface area contributed by atoms with E-state index < -0.39 is 5.97 Å². The third kappa shape index (κ3) is 5.61. The van der Waals surface area contributed by atoms with Gasteiger partial charge in [-0.25, -0.2) is 9.97 Å². The summed E-state index contributed by atoms with van der Waals surface area (Å²) >= 11 is 1.35. The quantitative estimate of drug-likeness (QED) is 0.662. The number of imidazole rings is 1. The van der Waals surface area contributed by atoms with E-state index in [9.17, 15) is 19.5 Å². The maximum Gasteiger partial charge on any atom is 0.309 e. The highest BCUT2D eigenvalue weighted by molar-refractivity contribution is 7.14. The normalized spacial score (nSPS) is 17.8. The third-order valence-electron chi connectivity index (χ3n) is 6.64. The van der Waals surface area contributed by atoms with Gasteiger partial charge in [0.15, 0.2) is 0 Å². The van der Waals surface area contributed by atoms with Crippen molar-refractivity contribution in [2.45, 2.75) is 76.8 Å². The highest BCUT2D eigenvalue weighted by atomic mass is 32.1. The monoisotopic (exact) mass is 473 g/mol. The van der Waals surface area contributed by atoms with E-state index in [-0.39, 0.29) is 36.7 Å². The van der Waals surface area contributed by atoms with Gasteiger partial charge in [-0.2, -0.15) is 0 Å². The minimum Gasteiger partial charge on any atom is -0.481 e. The smallest absolute Gasteiger partial charge is 0.309 e. The van der Waals surface area contributed by atoms with Crippen LogP contribution in [0.2, 0.25) is 0 Å². The zero-order chi connectivity index (χ0) is 23.4. The van der Waals surface area contributed by atoms with Crippen molar-refractivity contribution < 1.29 is 19.5 Å². The Morgan fingerprint density at radius 3 is 2.39 bits per heavy atom. The Labute approximate surface area is 197 Å². The number of carboxylic acid groups (broad SMARTS) is 1. The Morgan fingerprint density at radius 1 is 1.09 bits per heavy atom. The molecule has 0 atom stereocenters. The van der Waals surface area contributed by atoms with Crippen LogP contribution in [0.1, 0.15) is 62.6 Å². The van der Waals surface area contributed by atoms with E-state index in [4.69, 9.17) is 0 Å². The molecular weight excluding hydrogens is 442 g/mol. The summed E-state index contributed by atoms with van der Waals surface area (Å²) in [5.74, 6) is -0.818. The fourth-order valence-corrected chi connectivity index (χ4v) is 6.07. The third-order valence-corrected chi connectivity index (χ3v) is 7.75. The zero-order valence-electron chi connectivity index (χ0n) is 19.0. The van der Waals surface area contributed by atoms with Gasteiger partial charge in [0.25, 0.3) is 0 Å². The molecule has 2 aromatic rings. The van der Waals surface area contributed by atoms with Crippen molar-refractivity contribution in [2.24, 2.45) is 0 Å². The lowest BCUT2D eigenvalue weighted by atomic mass is 9.91. The molecule has 1 saturated carbocycles. The molecule has 1 N–H and O–H groups in total. The van der Waals surface area contributed by atoms with Crippen molar-refractivity contribution in [3.63, 3.8) is 0 Å². The number of nitrogens with zero attached hydrogens (tertiary/aromatic N) is 5. The Bertz CT molecular complexity index is 975. The van der Waals surface area contributed by atoms with Gasteiger partial charge in [0.1, 0.15) is 10.0 Å². The van der Waals surface area contributed by atoms with Crippen molar-refractivity contribution in [1.82, 2.24) is 24.3 Å². The molecule has 2 aromatic heterocycles. The number of thiazole rings is 1. The second kappa shape index (κ2) is 10.5. The van der Waals surface area contributed by atoms with Gasteiger partial charge in [0.05, 0.1) is 24.9 Å². The highest BCUT2D eigenvalue weighted by Gasteiger charge is 2.34. The lowest BCUT2D eigenvalue weighted by Crippen LogP contribution is -2.53. The van der Waals surface area contributed by atoms with Crippen LogP contribution in [0.25, 0.3) is 5.00 Å². The fraction of sp³-hybridized carbons (Fsp3) is 0.609. The second-order valence-corrected chi connectivity index (χ2v) is 9.97. The summed E-state index contributed by atoms with van der Waals surface area (Å²) in [6.45, 7) is 2.96. The molecule has 9 nitrogen and oxygen atoms in total. The molecule has 0 spiro atoms. The summed E-state index contributed by atoms with van der Waals surface area (Å²) in [4.78, 5) is 49.3. The minimum absolute atomic E-state index is 0.0518. The predicted molar refractivity (Wildman–Crippen MR) is 123 cm³/mol. The van der Waals surface area contributed by atoms with Crippen molar-refractivity contribution in [3.8, 4) is 5.00 Å². The molecule has 0 radical (unpaired) electrons. The topological polar surface area (TPSA) is 109 Å². The summed E-state index contributed by atoms with van der Waals surface area (Å²) in [7, 11) is 0. The fourth-order valence-electron chi connectivity index (χ4n) is 5.05. The van der Waals surface area contributed by atoms with Gasteiger partial charge in [-0.3, -0.25) is 19.0 Å². The minimum atomic E-state index is -0.958. The SMILES string of the molecule is CC(=O)N1CCC(N(C(=O)Cc2nc(CC(=O)O)c(-n3ccnc3)s2)C2CCCCC2)CC1. The average molecular weight is 474 g/mol. The van der Waals surface area contributed by atoms with Crippen LogP contribution in [-0.2, 0) is 27.2 Å². The molecule has 3 heterocycles. The summed E-state index contributed by atoms with van der Waals surface area (Å²) in [6, 6.07) is 0.356.